The lowest BCUT2D eigenvalue weighted by Crippen LogP contribution is -2.32. The van der Waals surface area contributed by atoms with Gasteiger partial charge in [0.15, 0.2) is 0 Å². The molecular weight excluding hydrogens is 270 g/mol. The average molecular weight is 285 g/mol. The first-order chi connectivity index (χ1) is 9.75. The van der Waals surface area contributed by atoms with Gasteiger partial charge in [-0.3, -0.25) is 9.78 Å². The first-order valence-electron chi connectivity index (χ1n) is 6.58. The lowest BCUT2D eigenvalue weighted by atomic mass is 10.2. The summed E-state index contributed by atoms with van der Waals surface area (Å²) in [5.41, 5.74) is 2.19. The Morgan fingerprint density at radius 3 is 2.90 bits per heavy atom. The largest absolute Gasteiger partial charge is 0.306 e. The number of carbonyl (C=O) groups is 1. The van der Waals surface area contributed by atoms with Gasteiger partial charge >= 0.3 is 0 Å². The number of aryl methyl sites for hydroxylation is 1. The van der Waals surface area contributed by atoms with Crippen molar-refractivity contribution in [2.75, 3.05) is 17.2 Å². The Bertz CT molecular complexity index is 627. The lowest BCUT2D eigenvalue weighted by molar-refractivity contribution is 0.0981. The van der Waals surface area contributed by atoms with Crippen LogP contribution < -0.4 is 4.90 Å². The summed E-state index contributed by atoms with van der Waals surface area (Å²) in [7, 11) is 0. The molecule has 102 valence electrons. The third-order valence-electron chi connectivity index (χ3n) is 3.18. The molecule has 20 heavy (non-hydrogen) atoms. The monoisotopic (exact) mass is 285 g/mol. The third-order valence-corrected chi connectivity index (χ3v) is 4.33. The van der Waals surface area contributed by atoms with Crippen LogP contribution in [0.25, 0.3) is 0 Å². The smallest absolute Gasteiger partial charge is 0.278 e. The molecule has 0 fully saturated rings. The molecule has 0 saturated carbocycles. The SMILES string of the molecule is Cc1cnc(C(=O)N2CCCSc3ccccc32)cn1. The maximum atomic E-state index is 12.6. The summed E-state index contributed by atoms with van der Waals surface area (Å²) in [6.07, 6.45) is 4.16. The van der Waals surface area contributed by atoms with Gasteiger partial charge < -0.3 is 4.90 Å². The van der Waals surface area contributed by atoms with E-state index >= 15 is 0 Å². The van der Waals surface area contributed by atoms with Crippen LogP contribution in [0, 0.1) is 6.92 Å². The van der Waals surface area contributed by atoms with Crippen molar-refractivity contribution < 1.29 is 4.79 Å². The number of hydrogen-bond donors (Lipinski definition) is 0. The molecule has 0 bridgehead atoms. The van der Waals surface area contributed by atoms with Gasteiger partial charge in [-0.15, -0.1) is 11.8 Å². The van der Waals surface area contributed by atoms with Crippen LogP contribution in [-0.2, 0) is 0 Å². The van der Waals surface area contributed by atoms with E-state index in [1.54, 1.807) is 24.2 Å². The molecule has 1 aromatic heterocycles. The van der Waals surface area contributed by atoms with Crippen molar-refractivity contribution >= 4 is 23.4 Å². The second kappa shape index (κ2) is 5.63. The van der Waals surface area contributed by atoms with Crippen LogP contribution in [0.15, 0.2) is 41.6 Å². The van der Waals surface area contributed by atoms with Crippen molar-refractivity contribution in [1.82, 2.24) is 9.97 Å². The number of hydrogen-bond acceptors (Lipinski definition) is 4. The molecule has 1 aliphatic rings. The summed E-state index contributed by atoms with van der Waals surface area (Å²) < 4.78 is 0. The fraction of sp³-hybridized carbons (Fsp3) is 0.267. The van der Waals surface area contributed by atoms with Crippen molar-refractivity contribution in [2.24, 2.45) is 0 Å². The number of carbonyl (C=O) groups excluding carboxylic acids is 1. The first kappa shape index (κ1) is 13.1. The van der Waals surface area contributed by atoms with E-state index < -0.39 is 0 Å². The van der Waals surface area contributed by atoms with Gasteiger partial charge in [-0.1, -0.05) is 12.1 Å². The molecule has 5 heteroatoms. The van der Waals surface area contributed by atoms with Crippen LogP contribution in [0.2, 0.25) is 0 Å². The molecule has 4 nitrogen and oxygen atoms in total. The summed E-state index contributed by atoms with van der Waals surface area (Å²) >= 11 is 1.80. The fourth-order valence-electron chi connectivity index (χ4n) is 2.18. The molecule has 1 aromatic carbocycles. The zero-order valence-corrected chi connectivity index (χ0v) is 12.1. The molecular formula is C15H15N3OS. The van der Waals surface area contributed by atoms with Gasteiger partial charge in [-0.25, -0.2) is 4.98 Å². The molecule has 0 spiro atoms. The quantitative estimate of drug-likeness (QED) is 0.808. The first-order valence-corrected chi connectivity index (χ1v) is 7.56. The third kappa shape index (κ3) is 2.54. The number of amides is 1. The summed E-state index contributed by atoms with van der Waals surface area (Å²) in [5, 5.41) is 0. The molecule has 0 unspecified atom stereocenters. The Labute approximate surface area is 122 Å². The molecule has 0 atom stereocenters. The summed E-state index contributed by atoms with van der Waals surface area (Å²) in [6.45, 7) is 2.58. The predicted octanol–water partition coefficient (Wildman–Crippen LogP) is 2.93. The highest BCUT2D eigenvalue weighted by atomic mass is 32.2. The Morgan fingerprint density at radius 1 is 1.25 bits per heavy atom. The number of fused-ring (bicyclic) bond motifs is 1. The van der Waals surface area contributed by atoms with Crippen LogP contribution >= 0.6 is 11.8 Å². The van der Waals surface area contributed by atoms with Crippen LogP contribution in [0.1, 0.15) is 22.6 Å². The zero-order chi connectivity index (χ0) is 13.9. The van der Waals surface area contributed by atoms with Crippen LogP contribution in [0.3, 0.4) is 0 Å². The van der Waals surface area contributed by atoms with E-state index in [1.807, 2.05) is 30.0 Å². The van der Waals surface area contributed by atoms with Gasteiger partial charge in [0.25, 0.3) is 5.91 Å². The van der Waals surface area contributed by atoms with Gasteiger partial charge in [0.05, 0.1) is 17.6 Å². The normalized spacial score (nSPS) is 14.6. The minimum absolute atomic E-state index is 0.0764. The number of benzene rings is 1. The highest BCUT2D eigenvalue weighted by molar-refractivity contribution is 7.99. The van der Waals surface area contributed by atoms with E-state index in [1.165, 1.54) is 0 Å². The molecule has 1 amide bonds. The number of thioether (sulfide) groups is 1. The highest BCUT2D eigenvalue weighted by Gasteiger charge is 2.23. The predicted molar refractivity (Wildman–Crippen MR) is 80.2 cm³/mol. The van der Waals surface area contributed by atoms with Gasteiger partial charge in [-0.05, 0) is 31.2 Å². The lowest BCUT2D eigenvalue weighted by Gasteiger charge is -2.21. The molecule has 0 saturated heterocycles. The number of para-hydroxylation sites is 1. The molecule has 0 radical (unpaired) electrons. The number of aromatic nitrogens is 2. The van der Waals surface area contributed by atoms with E-state index in [-0.39, 0.29) is 5.91 Å². The Balaban J connectivity index is 1.97. The minimum Gasteiger partial charge on any atom is -0.306 e. The van der Waals surface area contributed by atoms with E-state index in [0.717, 1.165) is 35.0 Å². The summed E-state index contributed by atoms with van der Waals surface area (Å²) in [5.74, 6) is 0.952. The van der Waals surface area contributed by atoms with Gasteiger partial charge in [0.1, 0.15) is 5.69 Å². The fourth-order valence-corrected chi connectivity index (χ4v) is 3.17. The second-order valence-corrected chi connectivity index (χ2v) is 5.81. The van der Waals surface area contributed by atoms with Crippen LogP contribution in [0.5, 0.6) is 0 Å². The average Bonchev–Trinajstić information content (AvgIpc) is 2.69. The topological polar surface area (TPSA) is 46.1 Å². The van der Waals surface area contributed by atoms with E-state index in [9.17, 15) is 4.79 Å². The minimum atomic E-state index is -0.0764. The van der Waals surface area contributed by atoms with Crippen molar-refractivity contribution in [3.05, 3.63) is 48.0 Å². The maximum absolute atomic E-state index is 12.6. The molecule has 2 heterocycles. The number of nitrogens with zero attached hydrogens (tertiary/aromatic N) is 3. The molecule has 0 N–H and O–H groups in total. The van der Waals surface area contributed by atoms with E-state index in [2.05, 4.69) is 16.0 Å². The van der Waals surface area contributed by atoms with Crippen molar-refractivity contribution in [3.63, 3.8) is 0 Å². The van der Waals surface area contributed by atoms with Gasteiger partial charge in [0, 0.05) is 17.6 Å². The Kier molecular flexibility index (Phi) is 3.69. The van der Waals surface area contributed by atoms with E-state index in [0.29, 0.717) is 5.69 Å². The van der Waals surface area contributed by atoms with E-state index in [4.69, 9.17) is 0 Å². The number of rotatable bonds is 1. The Morgan fingerprint density at radius 2 is 2.10 bits per heavy atom. The summed E-state index contributed by atoms with van der Waals surface area (Å²) in [4.78, 5) is 24.0. The molecule has 3 rings (SSSR count). The highest BCUT2D eigenvalue weighted by Crippen LogP contribution is 2.34. The maximum Gasteiger partial charge on any atom is 0.278 e. The van der Waals surface area contributed by atoms with Crippen molar-refractivity contribution in [1.29, 1.82) is 0 Å². The van der Waals surface area contributed by atoms with Crippen LogP contribution in [-0.4, -0.2) is 28.2 Å². The number of anilines is 1. The molecule has 0 aliphatic carbocycles. The Hall–Kier alpha value is -1.88. The van der Waals surface area contributed by atoms with Gasteiger partial charge in [0.2, 0.25) is 0 Å². The van der Waals surface area contributed by atoms with Crippen molar-refractivity contribution in [2.45, 2.75) is 18.2 Å². The zero-order valence-electron chi connectivity index (χ0n) is 11.2. The molecule has 2 aromatic rings. The van der Waals surface area contributed by atoms with Gasteiger partial charge in [-0.2, -0.15) is 0 Å². The standard InChI is InChI=1S/C15H15N3OS/c1-11-9-17-12(10-16-11)15(19)18-7-4-8-20-14-6-3-2-5-13(14)18/h2-3,5-6,9-10H,4,7-8H2,1H3. The van der Waals surface area contributed by atoms with Crippen LogP contribution in [0.4, 0.5) is 5.69 Å². The van der Waals surface area contributed by atoms with Crippen molar-refractivity contribution in [3.8, 4) is 0 Å². The summed E-state index contributed by atoms with van der Waals surface area (Å²) in [6, 6.07) is 8.02. The second-order valence-electron chi connectivity index (χ2n) is 4.67. The molecule has 1 aliphatic heterocycles.